The summed E-state index contributed by atoms with van der Waals surface area (Å²) in [6.07, 6.45) is 1.51. The summed E-state index contributed by atoms with van der Waals surface area (Å²) in [5, 5.41) is 13.8. The first-order chi connectivity index (χ1) is 15.9. The van der Waals surface area contributed by atoms with Crippen molar-refractivity contribution in [3.8, 4) is 5.75 Å². The summed E-state index contributed by atoms with van der Waals surface area (Å²) >= 11 is 6.85. The van der Waals surface area contributed by atoms with E-state index in [-0.39, 0.29) is 17.9 Å². The number of benzene rings is 3. The van der Waals surface area contributed by atoms with Crippen LogP contribution >= 0.6 is 31.9 Å². The van der Waals surface area contributed by atoms with E-state index in [1.165, 1.54) is 18.3 Å². The molecule has 0 atom stereocenters. The van der Waals surface area contributed by atoms with Crippen LogP contribution in [-0.4, -0.2) is 23.2 Å². The number of nitrogens with zero attached hydrogens (tertiary/aromatic N) is 1. The molecule has 1 heterocycles. The van der Waals surface area contributed by atoms with Gasteiger partial charge in [-0.1, -0.05) is 28.1 Å². The molecule has 7 nitrogen and oxygen atoms in total. The monoisotopic (exact) mass is 570 g/mol. The van der Waals surface area contributed by atoms with E-state index in [0.717, 1.165) is 21.0 Å². The minimum atomic E-state index is -0.968. The number of hydrazone groups is 1. The summed E-state index contributed by atoms with van der Waals surface area (Å²) < 4.78 is 12.9. The van der Waals surface area contributed by atoms with Crippen molar-refractivity contribution in [2.24, 2.45) is 5.10 Å². The van der Waals surface area contributed by atoms with Crippen LogP contribution in [0.25, 0.3) is 11.0 Å². The summed E-state index contributed by atoms with van der Waals surface area (Å²) in [5.41, 5.74) is 4.88. The summed E-state index contributed by atoms with van der Waals surface area (Å²) in [4.78, 5) is 23.2. The van der Waals surface area contributed by atoms with E-state index in [0.29, 0.717) is 15.8 Å². The highest BCUT2D eigenvalue weighted by Crippen LogP contribution is 2.27. The molecule has 0 saturated heterocycles. The first-order valence-electron chi connectivity index (χ1n) is 9.66. The molecule has 0 spiro atoms. The second-order valence-electron chi connectivity index (χ2n) is 6.97. The van der Waals surface area contributed by atoms with E-state index in [9.17, 15) is 9.59 Å². The normalized spacial score (nSPS) is 11.1. The molecule has 0 radical (unpaired) electrons. The van der Waals surface area contributed by atoms with Gasteiger partial charge in [-0.25, -0.2) is 10.2 Å². The highest BCUT2D eigenvalue weighted by Gasteiger charge is 2.12. The maximum Gasteiger partial charge on any atom is 0.335 e. The van der Waals surface area contributed by atoms with Crippen molar-refractivity contribution in [2.75, 3.05) is 0 Å². The van der Waals surface area contributed by atoms with Gasteiger partial charge in [-0.15, -0.1) is 0 Å². The molecule has 1 amide bonds. The van der Waals surface area contributed by atoms with Gasteiger partial charge in [0.2, 0.25) is 0 Å². The molecule has 0 saturated carbocycles. The van der Waals surface area contributed by atoms with Crippen LogP contribution in [0.3, 0.4) is 0 Å². The number of hydrogen-bond acceptors (Lipinski definition) is 5. The van der Waals surface area contributed by atoms with Crippen molar-refractivity contribution in [3.63, 3.8) is 0 Å². The van der Waals surface area contributed by atoms with E-state index in [1.54, 1.807) is 42.5 Å². The number of fused-ring (bicyclic) bond motifs is 1. The fourth-order valence-corrected chi connectivity index (χ4v) is 3.86. The minimum absolute atomic E-state index is 0.168. The zero-order valence-corrected chi connectivity index (χ0v) is 20.1. The lowest BCUT2D eigenvalue weighted by molar-refractivity contribution is 0.0696. The summed E-state index contributed by atoms with van der Waals surface area (Å²) in [5.74, 6) is -0.635. The molecule has 9 heteroatoms. The Morgan fingerprint density at radius 2 is 1.82 bits per heavy atom. The fraction of sp³-hybridized carbons (Fsp3) is 0.0417. The lowest BCUT2D eigenvalue weighted by Gasteiger charge is -2.09. The largest absolute Gasteiger partial charge is 0.488 e. The van der Waals surface area contributed by atoms with Gasteiger partial charge in [0.1, 0.15) is 17.9 Å². The average Bonchev–Trinajstić information content (AvgIpc) is 3.22. The Morgan fingerprint density at radius 1 is 1.03 bits per heavy atom. The molecule has 0 aliphatic heterocycles. The third-order valence-electron chi connectivity index (χ3n) is 4.63. The molecule has 0 unspecified atom stereocenters. The van der Waals surface area contributed by atoms with Gasteiger partial charge < -0.3 is 14.3 Å². The molecule has 166 valence electrons. The first kappa shape index (κ1) is 22.8. The lowest BCUT2D eigenvalue weighted by atomic mass is 10.1. The van der Waals surface area contributed by atoms with E-state index in [2.05, 4.69) is 42.4 Å². The topological polar surface area (TPSA) is 101 Å². The number of carbonyl (C=O) groups is 2. The molecule has 0 fully saturated rings. The Bertz CT molecular complexity index is 1360. The zero-order chi connectivity index (χ0) is 23.4. The first-order valence-corrected chi connectivity index (χ1v) is 11.2. The minimum Gasteiger partial charge on any atom is -0.488 e. The van der Waals surface area contributed by atoms with Crippen LogP contribution in [0.5, 0.6) is 5.75 Å². The van der Waals surface area contributed by atoms with Crippen LogP contribution in [0.2, 0.25) is 0 Å². The number of nitrogens with one attached hydrogen (secondary N) is 1. The number of amides is 1. The number of rotatable bonds is 7. The molecule has 2 N–H and O–H groups in total. The van der Waals surface area contributed by atoms with E-state index in [4.69, 9.17) is 14.3 Å². The smallest absolute Gasteiger partial charge is 0.335 e. The Labute approximate surface area is 205 Å². The van der Waals surface area contributed by atoms with Crippen LogP contribution in [0.15, 0.2) is 85.2 Å². The second-order valence-corrected chi connectivity index (χ2v) is 8.74. The molecule has 1 aromatic heterocycles. The van der Waals surface area contributed by atoms with Crippen molar-refractivity contribution in [1.29, 1.82) is 0 Å². The standard InChI is InChI=1S/C24H16Br2N2O5/c25-18-6-8-20-17(10-18)11-22(33-20)23(29)28-27-12-15-3-7-21(19(26)9-15)32-13-14-1-4-16(5-2-14)24(30)31/h1-12H,13H2,(H,28,29)(H,30,31)/b27-12+. The van der Waals surface area contributed by atoms with Gasteiger partial charge in [0.05, 0.1) is 16.3 Å². The quantitative estimate of drug-likeness (QED) is 0.209. The van der Waals surface area contributed by atoms with Gasteiger partial charge in [0.25, 0.3) is 0 Å². The van der Waals surface area contributed by atoms with Gasteiger partial charge in [0, 0.05) is 9.86 Å². The van der Waals surface area contributed by atoms with Crippen LogP contribution in [0.1, 0.15) is 32.0 Å². The van der Waals surface area contributed by atoms with Gasteiger partial charge in [-0.05, 0) is 81.7 Å². The van der Waals surface area contributed by atoms with Crippen molar-refractivity contribution in [2.45, 2.75) is 6.61 Å². The number of furan rings is 1. The number of carbonyl (C=O) groups excluding carboxylic acids is 1. The number of carboxylic acids is 1. The molecule has 0 bridgehead atoms. The van der Waals surface area contributed by atoms with Crippen molar-refractivity contribution in [3.05, 3.63) is 98.1 Å². The molecule has 33 heavy (non-hydrogen) atoms. The Hall–Kier alpha value is -3.43. The summed E-state index contributed by atoms with van der Waals surface area (Å²) in [7, 11) is 0. The van der Waals surface area contributed by atoms with Gasteiger partial charge >= 0.3 is 11.9 Å². The highest BCUT2D eigenvalue weighted by molar-refractivity contribution is 9.10. The van der Waals surface area contributed by atoms with Crippen molar-refractivity contribution < 1.29 is 23.8 Å². The molecular formula is C24H16Br2N2O5. The summed E-state index contributed by atoms with van der Waals surface area (Å²) in [6.45, 7) is 0.288. The van der Waals surface area contributed by atoms with Gasteiger partial charge in [0.15, 0.2) is 5.76 Å². The number of halogens is 2. The predicted octanol–water partition coefficient (Wildman–Crippen LogP) is 6.00. The summed E-state index contributed by atoms with van der Waals surface area (Å²) in [6, 6.07) is 19.0. The van der Waals surface area contributed by atoms with Crippen LogP contribution in [0, 0.1) is 0 Å². The van der Waals surface area contributed by atoms with Crippen LogP contribution < -0.4 is 10.2 Å². The molecule has 4 rings (SSSR count). The highest BCUT2D eigenvalue weighted by atomic mass is 79.9. The number of ether oxygens (including phenoxy) is 1. The third kappa shape index (κ3) is 5.68. The van der Waals surface area contributed by atoms with E-state index in [1.807, 2.05) is 12.1 Å². The molecular weight excluding hydrogens is 556 g/mol. The average molecular weight is 572 g/mol. The Morgan fingerprint density at radius 3 is 2.55 bits per heavy atom. The predicted molar refractivity (Wildman–Crippen MR) is 131 cm³/mol. The Kier molecular flexibility index (Phi) is 6.90. The second kappa shape index (κ2) is 10.0. The van der Waals surface area contributed by atoms with Crippen LogP contribution in [-0.2, 0) is 6.61 Å². The number of carboxylic acid groups (broad SMARTS) is 1. The van der Waals surface area contributed by atoms with Gasteiger partial charge in [-0.2, -0.15) is 5.10 Å². The molecule has 4 aromatic rings. The van der Waals surface area contributed by atoms with Crippen molar-refractivity contribution in [1.82, 2.24) is 5.43 Å². The fourth-order valence-electron chi connectivity index (χ4n) is 2.97. The van der Waals surface area contributed by atoms with Crippen molar-refractivity contribution >= 4 is 60.9 Å². The zero-order valence-electron chi connectivity index (χ0n) is 16.9. The number of hydrogen-bond donors (Lipinski definition) is 2. The maximum atomic E-state index is 12.3. The Balaban J connectivity index is 1.35. The maximum absolute atomic E-state index is 12.3. The lowest BCUT2D eigenvalue weighted by Crippen LogP contribution is -2.16. The van der Waals surface area contributed by atoms with E-state index < -0.39 is 11.9 Å². The van der Waals surface area contributed by atoms with Gasteiger partial charge in [-0.3, -0.25) is 4.79 Å². The molecule has 3 aromatic carbocycles. The SMILES string of the molecule is O=C(O)c1ccc(COc2ccc(/C=N/NC(=O)c3cc4cc(Br)ccc4o3)cc2Br)cc1. The van der Waals surface area contributed by atoms with Crippen LogP contribution in [0.4, 0.5) is 0 Å². The molecule has 0 aliphatic rings. The van der Waals surface area contributed by atoms with E-state index >= 15 is 0 Å². The third-order valence-corrected chi connectivity index (χ3v) is 5.75. The molecule has 0 aliphatic carbocycles. The number of aromatic carboxylic acids is 1.